The zero-order valence-electron chi connectivity index (χ0n) is 7.68. The fourth-order valence-corrected chi connectivity index (χ4v) is 3.11. The van der Waals surface area contributed by atoms with Crippen molar-refractivity contribution in [2.75, 3.05) is 0 Å². The minimum Gasteiger partial charge on any atom is -0.0861 e. The summed E-state index contributed by atoms with van der Waals surface area (Å²) in [5, 5.41) is 0. The van der Waals surface area contributed by atoms with E-state index < -0.39 is 0 Å². The Bertz CT molecular complexity index is 133. The van der Waals surface area contributed by atoms with Crippen LogP contribution in [0.4, 0.5) is 0 Å². The van der Waals surface area contributed by atoms with Crippen molar-refractivity contribution in [1.29, 1.82) is 0 Å². The Hall–Kier alpha value is 0.0649. The van der Waals surface area contributed by atoms with Gasteiger partial charge in [-0.2, -0.15) is 0 Å². The van der Waals surface area contributed by atoms with Gasteiger partial charge in [0.05, 0.1) is 0 Å². The lowest BCUT2D eigenvalue weighted by Crippen LogP contribution is -2.29. The molecule has 62 valence electrons. The van der Waals surface area contributed by atoms with Gasteiger partial charge in [0, 0.05) is 0 Å². The van der Waals surface area contributed by atoms with Crippen molar-refractivity contribution in [1.82, 2.24) is 0 Å². The summed E-state index contributed by atoms with van der Waals surface area (Å²) in [7, 11) is 0. The van der Waals surface area contributed by atoms with Crippen LogP contribution in [0.1, 0.15) is 32.1 Å². The van der Waals surface area contributed by atoms with Crippen molar-refractivity contribution in [3.05, 3.63) is 0 Å². The van der Waals surface area contributed by atoms with E-state index in [0.29, 0.717) is 0 Å². The second-order valence-electron chi connectivity index (χ2n) is 4.72. The summed E-state index contributed by atoms with van der Waals surface area (Å²) >= 11 is 0. The zero-order chi connectivity index (χ0) is 7.68. The minimum atomic E-state index is 1.04. The average molecular weight is 150 g/mol. The molecule has 0 aromatic heterocycles. The van der Waals surface area contributed by atoms with Crippen LogP contribution in [0.15, 0.2) is 0 Å². The summed E-state index contributed by atoms with van der Waals surface area (Å²) in [4.78, 5) is 0. The number of rotatable bonds is 0. The molecule has 2 atom stereocenters. The lowest BCUT2D eigenvalue weighted by molar-refractivity contribution is 0.237. The largest absolute Gasteiger partial charge is 0.136 e. The van der Waals surface area contributed by atoms with Crippen LogP contribution in [0, 0.1) is 11.8 Å². The first-order valence-electron chi connectivity index (χ1n) is 5.36. The first-order chi connectivity index (χ1) is 5.36. The molecule has 0 amide bonds. The van der Waals surface area contributed by atoms with Crippen LogP contribution in [0.5, 0.6) is 0 Å². The second kappa shape index (κ2) is 3.20. The highest BCUT2D eigenvalue weighted by Gasteiger charge is 2.31. The topological polar surface area (TPSA) is 0 Å². The van der Waals surface area contributed by atoms with Gasteiger partial charge in [-0.1, -0.05) is 51.6 Å². The van der Waals surface area contributed by atoms with Gasteiger partial charge in [0.25, 0.3) is 0 Å². The van der Waals surface area contributed by atoms with Crippen LogP contribution in [-0.2, 0) is 0 Å². The van der Waals surface area contributed by atoms with Gasteiger partial charge < -0.3 is 0 Å². The van der Waals surface area contributed by atoms with Crippen LogP contribution >= 0.6 is 0 Å². The first kappa shape index (κ1) is 7.70. The SMILES string of the molecule is CB1CCC2CCCCC2C1. The summed E-state index contributed by atoms with van der Waals surface area (Å²) in [5.74, 6) is 2.27. The molecular weight excluding hydrogens is 131 g/mol. The summed E-state index contributed by atoms with van der Waals surface area (Å²) in [5.41, 5.74) is 0. The molecule has 2 aliphatic rings. The third kappa shape index (κ3) is 1.63. The lowest BCUT2D eigenvalue weighted by atomic mass is 9.39. The molecule has 1 saturated heterocycles. The van der Waals surface area contributed by atoms with E-state index in [1.807, 2.05) is 0 Å². The van der Waals surface area contributed by atoms with Crippen LogP contribution in [0.25, 0.3) is 0 Å². The predicted octanol–water partition coefficient (Wildman–Crippen LogP) is 3.32. The number of fused-ring (bicyclic) bond motifs is 1. The van der Waals surface area contributed by atoms with Gasteiger partial charge in [0.2, 0.25) is 0 Å². The molecule has 1 heteroatoms. The standard InChI is InChI=1S/C10H19B/c1-11-7-6-9-4-2-3-5-10(9)8-11/h9-10H,2-8H2,1H3. The van der Waals surface area contributed by atoms with Crippen molar-refractivity contribution in [2.45, 2.75) is 51.6 Å². The maximum Gasteiger partial charge on any atom is 0.136 e. The highest BCUT2D eigenvalue weighted by atomic mass is 14.3. The normalized spacial score (nSPS) is 38.5. The molecule has 0 N–H and O–H groups in total. The molecule has 1 saturated carbocycles. The Labute approximate surface area is 70.8 Å². The molecule has 0 aromatic rings. The molecular formula is C10H19B. The van der Waals surface area contributed by atoms with E-state index in [9.17, 15) is 0 Å². The Morgan fingerprint density at radius 1 is 1.00 bits per heavy atom. The third-order valence-corrected chi connectivity index (χ3v) is 3.80. The predicted molar refractivity (Wildman–Crippen MR) is 51.3 cm³/mol. The Kier molecular flexibility index (Phi) is 2.24. The van der Waals surface area contributed by atoms with Gasteiger partial charge in [-0.15, -0.1) is 0 Å². The average Bonchev–Trinajstić information content (AvgIpc) is 2.04. The monoisotopic (exact) mass is 150 g/mol. The lowest BCUT2D eigenvalue weighted by Gasteiger charge is -2.37. The third-order valence-electron chi connectivity index (χ3n) is 3.80. The molecule has 1 heterocycles. The van der Waals surface area contributed by atoms with Gasteiger partial charge >= 0.3 is 0 Å². The van der Waals surface area contributed by atoms with E-state index >= 15 is 0 Å². The minimum absolute atomic E-state index is 1.04. The van der Waals surface area contributed by atoms with E-state index in [0.717, 1.165) is 18.5 Å². The van der Waals surface area contributed by atoms with Crippen LogP contribution < -0.4 is 0 Å². The van der Waals surface area contributed by atoms with Crippen molar-refractivity contribution in [3.63, 3.8) is 0 Å². The van der Waals surface area contributed by atoms with Gasteiger partial charge in [0.1, 0.15) is 6.71 Å². The Morgan fingerprint density at radius 2 is 1.73 bits per heavy atom. The number of hydrogen-bond acceptors (Lipinski definition) is 0. The smallest absolute Gasteiger partial charge is 0.0861 e. The molecule has 0 aromatic carbocycles. The molecule has 0 spiro atoms. The molecule has 1 aliphatic carbocycles. The van der Waals surface area contributed by atoms with Gasteiger partial charge in [-0.25, -0.2) is 0 Å². The molecule has 2 rings (SSSR count). The molecule has 2 fully saturated rings. The van der Waals surface area contributed by atoms with Gasteiger partial charge in [-0.05, 0) is 11.8 Å². The van der Waals surface area contributed by atoms with Crippen molar-refractivity contribution in [3.8, 4) is 0 Å². The van der Waals surface area contributed by atoms with Crippen LogP contribution in [0.3, 0.4) is 0 Å². The van der Waals surface area contributed by atoms with E-state index in [-0.39, 0.29) is 0 Å². The van der Waals surface area contributed by atoms with E-state index in [1.54, 1.807) is 25.6 Å². The van der Waals surface area contributed by atoms with Crippen molar-refractivity contribution in [2.24, 2.45) is 11.8 Å². The van der Waals surface area contributed by atoms with Crippen LogP contribution in [0.2, 0.25) is 19.5 Å². The van der Waals surface area contributed by atoms with Crippen LogP contribution in [-0.4, -0.2) is 6.71 Å². The molecule has 0 radical (unpaired) electrons. The summed E-state index contributed by atoms with van der Waals surface area (Å²) in [6.45, 7) is 3.47. The fourth-order valence-electron chi connectivity index (χ4n) is 3.11. The molecule has 0 bridgehead atoms. The number of hydrogen-bond donors (Lipinski definition) is 0. The van der Waals surface area contributed by atoms with E-state index in [1.165, 1.54) is 19.2 Å². The summed E-state index contributed by atoms with van der Waals surface area (Å²) in [6.07, 6.45) is 10.8. The summed E-state index contributed by atoms with van der Waals surface area (Å²) in [6, 6.07) is 0. The molecule has 11 heavy (non-hydrogen) atoms. The van der Waals surface area contributed by atoms with Gasteiger partial charge in [-0.3, -0.25) is 0 Å². The van der Waals surface area contributed by atoms with E-state index in [4.69, 9.17) is 0 Å². The Morgan fingerprint density at radius 3 is 2.55 bits per heavy atom. The molecule has 2 unspecified atom stereocenters. The maximum atomic E-state index is 2.44. The quantitative estimate of drug-likeness (QED) is 0.464. The summed E-state index contributed by atoms with van der Waals surface area (Å²) < 4.78 is 0. The maximum absolute atomic E-state index is 2.44. The fraction of sp³-hybridized carbons (Fsp3) is 1.00. The Balaban J connectivity index is 1.93. The van der Waals surface area contributed by atoms with E-state index in [2.05, 4.69) is 6.82 Å². The highest BCUT2D eigenvalue weighted by molar-refractivity contribution is 6.57. The molecule has 0 nitrogen and oxygen atoms in total. The molecule has 1 aliphatic heterocycles. The second-order valence-corrected chi connectivity index (χ2v) is 4.72. The first-order valence-corrected chi connectivity index (χ1v) is 5.36. The van der Waals surface area contributed by atoms with Crippen molar-refractivity contribution < 1.29 is 0 Å². The zero-order valence-corrected chi connectivity index (χ0v) is 7.68. The highest BCUT2D eigenvalue weighted by Crippen LogP contribution is 2.40. The van der Waals surface area contributed by atoms with Gasteiger partial charge in [0.15, 0.2) is 0 Å². The van der Waals surface area contributed by atoms with Crippen molar-refractivity contribution >= 4 is 6.71 Å².